The highest BCUT2D eigenvalue weighted by atomic mass is 19.4. The minimum Gasteiger partial charge on any atom is -0.412 e. The van der Waals surface area contributed by atoms with E-state index in [1.54, 1.807) is 4.98 Å². The van der Waals surface area contributed by atoms with Crippen LogP contribution in [0.3, 0.4) is 0 Å². The van der Waals surface area contributed by atoms with Gasteiger partial charge in [0.2, 0.25) is 0 Å². The van der Waals surface area contributed by atoms with E-state index in [9.17, 15) is 18.0 Å². The molecule has 1 aromatic heterocycles. The summed E-state index contributed by atoms with van der Waals surface area (Å²) in [6, 6.07) is 0. The van der Waals surface area contributed by atoms with Gasteiger partial charge in [0, 0.05) is 6.42 Å². The van der Waals surface area contributed by atoms with Crippen LogP contribution in [0.15, 0.2) is 9.21 Å². The Morgan fingerprint density at radius 2 is 2.08 bits per heavy atom. The number of hydrogen-bond acceptors (Lipinski definition) is 2. The molecule has 12 heavy (non-hydrogen) atoms. The van der Waals surface area contributed by atoms with Gasteiger partial charge in [-0.3, -0.25) is 4.98 Å². The molecular formula is C6H6F3NO2. The van der Waals surface area contributed by atoms with Crippen molar-refractivity contribution in [1.29, 1.82) is 0 Å². The third kappa shape index (κ3) is 1.51. The van der Waals surface area contributed by atoms with Gasteiger partial charge < -0.3 is 4.42 Å². The van der Waals surface area contributed by atoms with Gasteiger partial charge in [-0.1, -0.05) is 6.92 Å². The minimum absolute atomic E-state index is 0.0353. The first-order chi connectivity index (χ1) is 5.45. The average Bonchev–Trinajstić information content (AvgIpc) is 2.29. The third-order valence-corrected chi connectivity index (χ3v) is 1.33. The van der Waals surface area contributed by atoms with Gasteiger partial charge >= 0.3 is 11.9 Å². The Kier molecular flexibility index (Phi) is 1.99. The van der Waals surface area contributed by atoms with Crippen LogP contribution in [-0.2, 0) is 12.6 Å². The van der Waals surface area contributed by atoms with Crippen LogP contribution < -0.4 is 5.76 Å². The molecule has 0 amide bonds. The first-order valence-corrected chi connectivity index (χ1v) is 3.24. The van der Waals surface area contributed by atoms with Crippen LogP contribution in [0.25, 0.3) is 0 Å². The number of nitrogens with one attached hydrogen (secondary N) is 1. The number of aromatic nitrogens is 1. The summed E-state index contributed by atoms with van der Waals surface area (Å²) in [5, 5.41) is 0. The van der Waals surface area contributed by atoms with Crippen LogP contribution >= 0.6 is 0 Å². The van der Waals surface area contributed by atoms with Crippen molar-refractivity contribution >= 4 is 0 Å². The number of halogens is 3. The van der Waals surface area contributed by atoms with Crippen molar-refractivity contribution in [2.45, 2.75) is 19.5 Å². The maximum absolute atomic E-state index is 12.0. The van der Waals surface area contributed by atoms with Gasteiger partial charge in [0.25, 0.3) is 0 Å². The quantitative estimate of drug-likeness (QED) is 0.714. The number of H-pyrrole nitrogens is 1. The molecule has 0 aliphatic rings. The summed E-state index contributed by atoms with van der Waals surface area (Å²) >= 11 is 0. The summed E-state index contributed by atoms with van der Waals surface area (Å²) in [5.41, 5.74) is -1.09. The van der Waals surface area contributed by atoms with E-state index < -0.39 is 17.6 Å². The molecule has 0 aromatic carbocycles. The molecule has 0 atom stereocenters. The molecule has 3 nitrogen and oxygen atoms in total. The molecule has 68 valence electrons. The van der Waals surface area contributed by atoms with Gasteiger partial charge in [-0.15, -0.1) is 0 Å². The molecule has 6 heteroatoms. The van der Waals surface area contributed by atoms with Gasteiger partial charge in [0.1, 0.15) is 5.76 Å². The Labute approximate surface area is 65.2 Å². The maximum Gasteiger partial charge on any atom is 0.434 e. The van der Waals surface area contributed by atoms with Gasteiger partial charge in [-0.25, -0.2) is 4.79 Å². The Bertz CT molecular complexity index is 322. The Morgan fingerprint density at radius 1 is 1.50 bits per heavy atom. The van der Waals surface area contributed by atoms with E-state index >= 15 is 0 Å². The molecule has 0 saturated carbocycles. The fourth-order valence-corrected chi connectivity index (χ4v) is 0.838. The highest BCUT2D eigenvalue weighted by molar-refractivity contribution is 5.10. The SMILES string of the molecule is CCc1oc(=O)[nH]c1C(F)(F)F. The second-order valence-electron chi connectivity index (χ2n) is 2.16. The van der Waals surface area contributed by atoms with E-state index in [0.717, 1.165) is 0 Å². The molecule has 1 rings (SSSR count). The fourth-order valence-electron chi connectivity index (χ4n) is 0.838. The molecule has 0 aliphatic carbocycles. The summed E-state index contributed by atoms with van der Waals surface area (Å²) < 4.78 is 40.3. The van der Waals surface area contributed by atoms with Crippen molar-refractivity contribution < 1.29 is 17.6 Å². The molecule has 1 N–H and O–H groups in total. The molecule has 1 aromatic rings. The first kappa shape index (κ1) is 8.89. The van der Waals surface area contributed by atoms with Crippen LogP contribution in [-0.4, -0.2) is 4.98 Å². The predicted molar refractivity (Wildman–Crippen MR) is 33.7 cm³/mol. The van der Waals surface area contributed by atoms with Crippen molar-refractivity contribution in [2.24, 2.45) is 0 Å². The number of hydrogen-bond donors (Lipinski definition) is 1. The summed E-state index contributed by atoms with van der Waals surface area (Å²) in [6.07, 6.45) is -4.51. The third-order valence-electron chi connectivity index (χ3n) is 1.33. The Morgan fingerprint density at radius 3 is 2.42 bits per heavy atom. The van der Waals surface area contributed by atoms with Gasteiger partial charge in [0.05, 0.1) is 0 Å². The summed E-state index contributed by atoms with van der Waals surface area (Å²) in [6.45, 7) is 1.47. The lowest BCUT2D eigenvalue weighted by Gasteiger charge is -2.02. The van der Waals surface area contributed by atoms with E-state index in [0.29, 0.717) is 0 Å². The van der Waals surface area contributed by atoms with E-state index in [2.05, 4.69) is 4.42 Å². The molecule has 0 saturated heterocycles. The van der Waals surface area contributed by atoms with E-state index in [1.807, 2.05) is 0 Å². The summed E-state index contributed by atoms with van der Waals surface area (Å²) in [7, 11) is 0. The lowest BCUT2D eigenvalue weighted by Crippen LogP contribution is -2.10. The topological polar surface area (TPSA) is 46.0 Å². The molecule has 0 unspecified atom stereocenters. The highest BCUT2D eigenvalue weighted by Crippen LogP contribution is 2.29. The molecular weight excluding hydrogens is 175 g/mol. The fraction of sp³-hybridized carbons (Fsp3) is 0.500. The number of alkyl halides is 3. The normalized spacial score (nSPS) is 12.0. The van der Waals surface area contributed by atoms with Gasteiger partial charge in [-0.2, -0.15) is 13.2 Å². The van der Waals surface area contributed by atoms with E-state index in [-0.39, 0.29) is 12.2 Å². The molecule has 0 fully saturated rings. The molecule has 0 spiro atoms. The molecule has 1 heterocycles. The monoisotopic (exact) mass is 181 g/mol. The number of rotatable bonds is 1. The smallest absolute Gasteiger partial charge is 0.412 e. The molecule has 0 aliphatic heterocycles. The van der Waals surface area contributed by atoms with E-state index in [1.165, 1.54) is 6.92 Å². The molecule has 0 bridgehead atoms. The van der Waals surface area contributed by atoms with Crippen molar-refractivity contribution in [1.82, 2.24) is 4.98 Å². The number of oxazole rings is 1. The Hall–Kier alpha value is -1.20. The van der Waals surface area contributed by atoms with E-state index in [4.69, 9.17) is 0 Å². The zero-order chi connectivity index (χ0) is 9.35. The summed E-state index contributed by atoms with van der Waals surface area (Å²) in [4.78, 5) is 12.0. The largest absolute Gasteiger partial charge is 0.434 e. The minimum atomic E-state index is -4.54. The van der Waals surface area contributed by atoms with Crippen LogP contribution in [0.1, 0.15) is 18.4 Å². The van der Waals surface area contributed by atoms with Gasteiger partial charge in [-0.05, 0) is 0 Å². The maximum atomic E-state index is 12.0. The summed E-state index contributed by atoms with van der Waals surface area (Å²) in [5.74, 6) is -1.42. The number of aromatic amines is 1. The average molecular weight is 181 g/mol. The van der Waals surface area contributed by atoms with Crippen molar-refractivity contribution in [3.8, 4) is 0 Å². The van der Waals surface area contributed by atoms with Crippen molar-refractivity contribution in [3.05, 3.63) is 22.0 Å². The lowest BCUT2D eigenvalue weighted by molar-refractivity contribution is -0.141. The predicted octanol–water partition coefficient (Wildman–Crippen LogP) is 1.55. The molecule has 0 radical (unpaired) electrons. The highest BCUT2D eigenvalue weighted by Gasteiger charge is 2.36. The second kappa shape index (κ2) is 2.69. The second-order valence-corrected chi connectivity index (χ2v) is 2.16. The zero-order valence-electron chi connectivity index (χ0n) is 6.16. The van der Waals surface area contributed by atoms with Crippen LogP contribution in [0.4, 0.5) is 13.2 Å². The number of aryl methyl sites for hydroxylation is 1. The zero-order valence-corrected chi connectivity index (χ0v) is 6.16. The Balaban J connectivity index is 3.23. The van der Waals surface area contributed by atoms with Crippen LogP contribution in [0.2, 0.25) is 0 Å². The van der Waals surface area contributed by atoms with Gasteiger partial charge in [0.15, 0.2) is 5.69 Å². The lowest BCUT2D eigenvalue weighted by atomic mass is 10.3. The standard InChI is InChI=1S/C6H6F3NO2/c1-2-3-4(6(7,8)9)10-5(11)12-3/h2H2,1H3,(H,10,11). The van der Waals surface area contributed by atoms with Crippen molar-refractivity contribution in [2.75, 3.05) is 0 Å². The van der Waals surface area contributed by atoms with Crippen LogP contribution in [0.5, 0.6) is 0 Å². The van der Waals surface area contributed by atoms with Crippen molar-refractivity contribution in [3.63, 3.8) is 0 Å². The first-order valence-electron chi connectivity index (χ1n) is 3.24. The van der Waals surface area contributed by atoms with Crippen LogP contribution in [0, 0.1) is 0 Å².